The largest absolute Gasteiger partial charge is 0.372 e. The minimum Gasteiger partial charge on any atom is -0.372 e. The Bertz CT molecular complexity index is 314. The molecule has 4 heteroatoms. The Morgan fingerprint density at radius 3 is 2.53 bits per heavy atom. The van der Waals surface area contributed by atoms with Gasteiger partial charge < -0.3 is 16.2 Å². The molecule has 1 aromatic rings. The molecule has 4 nitrogen and oxygen atoms in total. The predicted octanol–water partition coefficient (Wildman–Crippen LogP) is 0.404. The van der Waals surface area contributed by atoms with Crippen molar-refractivity contribution in [3.63, 3.8) is 0 Å². The third kappa shape index (κ3) is 3.69. The van der Waals surface area contributed by atoms with E-state index in [1.807, 2.05) is 30.3 Å². The van der Waals surface area contributed by atoms with Gasteiger partial charge in [0, 0.05) is 0 Å². The number of rotatable bonds is 5. The van der Waals surface area contributed by atoms with Gasteiger partial charge in [0.05, 0.1) is 12.7 Å². The maximum atomic E-state index is 10.8. The molecule has 1 amide bonds. The Hall–Kier alpha value is -1.39. The molecule has 0 saturated carbocycles. The van der Waals surface area contributed by atoms with Gasteiger partial charge in [-0.05, 0) is 12.5 Å². The standard InChI is InChI=1S/C11H16N2O2/c1-8(10(12)11(13)14)15-7-9-5-3-2-4-6-9/h2-6,8,10H,7,12H2,1H3,(H2,13,14)/t8-,10-/m1/s1. The molecule has 0 aliphatic rings. The first-order valence-corrected chi connectivity index (χ1v) is 4.81. The van der Waals surface area contributed by atoms with E-state index in [1.165, 1.54) is 0 Å². The lowest BCUT2D eigenvalue weighted by Gasteiger charge is -2.17. The van der Waals surface area contributed by atoms with Gasteiger partial charge in [0.2, 0.25) is 5.91 Å². The van der Waals surface area contributed by atoms with Gasteiger partial charge in [-0.3, -0.25) is 4.79 Å². The third-order valence-electron chi connectivity index (χ3n) is 2.19. The van der Waals surface area contributed by atoms with Gasteiger partial charge in [0.15, 0.2) is 0 Å². The van der Waals surface area contributed by atoms with Crippen LogP contribution in [0.1, 0.15) is 12.5 Å². The lowest BCUT2D eigenvalue weighted by Crippen LogP contribution is -2.45. The van der Waals surface area contributed by atoms with Crippen molar-refractivity contribution in [2.24, 2.45) is 11.5 Å². The van der Waals surface area contributed by atoms with E-state index in [1.54, 1.807) is 6.92 Å². The molecule has 1 rings (SSSR count). The van der Waals surface area contributed by atoms with Crippen LogP contribution in [0.15, 0.2) is 30.3 Å². The smallest absolute Gasteiger partial charge is 0.237 e. The molecule has 1 aromatic carbocycles. The molecule has 0 spiro atoms. The normalized spacial score (nSPS) is 14.5. The van der Waals surface area contributed by atoms with Crippen molar-refractivity contribution < 1.29 is 9.53 Å². The highest BCUT2D eigenvalue weighted by Gasteiger charge is 2.18. The van der Waals surface area contributed by atoms with Crippen LogP contribution in [0.3, 0.4) is 0 Å². The molecule has 0 radical (unpaired) electrons. The quantitative estimate of drug-likeness (QED) is 0.735. The van der Waals surface area contributed by atoms with E-state index in [4.69, 9.17) is 16.2 Å². The van der Waals surface area contributed by atoms with Crippen molar-refractivity contribution in [2.45, 2.75) is 25.7 Å². The Balaban J connectivity index is 2.41. The van der Waals surface area contributed by atoms with Gasteiger partial charge >= 0.3 is 0 Å². The fourth-order valence-electron chi connectivity index (χ4n) is 1.14. The molecule has 82 valence electrons. The van der Waals surface area contributed by atoms with Gasteiger partial charge in [-0.25, -0.2) is 0 Å². The summed E-state index contributed by atoms with van der Waals surface area (Å²) < 4.78 is 5.43. The van der Waals surface area contributed by atoms with Gasteiger partial charge in [0.25, 0.3) is 0 Å². The highest BCUT2D eigenvalue weighted by Crippen LogP contribution is 2.04. The topological polar surface area (TPSA) is 78.3 Å². The third-order valence-corrected chi connectivity index (χ3v) is 2.19. The summed E-state index contributed by atoms with van der Waals surface area (Å²) in [6, 6.07) is 8.93. The van der Waals surface area contributed by atoms with Crippen LogP contribution < -0.4 is 11.5 Å². The van der Waals surface area contributed by atoms with E-state index in [9.17, 15) is 4.79 Å². The molecule has 15 heavy (non-hydrogen) atoms. The molecule has 0 bridgehead atoms. The Kier molecular flexibility index (Phi) is 4.27. The van der Waals surface area contributed by atoms with Crippen molar-refractivity contribution in [1.29, 1.82) is 0 Å². The molecule has 0 aliphatic carbocycles. The van der Waals surface area contributed by atoms with Gasteiger partial charge in [0.1, 0.15) is 6.04 Å². The predicted molar refractivity (Wildman–Crippen MR) is 57.9 cm³/mol. The first-order chi connectivity index (χ1) is 7.11. The monoisotopic (exact) mass is 208 g/mol. The Morgan fingerprint density at radius 1 is 1.40 bits per heavy atom. The number of carbonyl (C=O) groups excluding carboxylic acids is 1. The van der Waals surface area contributed by atoms with E-state index in [2.05, 4.69) is 0 Å². The van der Waals surface area contributed by atoms with Crippen LogP contribution in [0.25, 0.3) is 0 Å². The summed E-state index contributed by atoms with van der Waals surface area (Å²) in [5.74, 6) is -0.546. The number of nitrogens with two attached hydrogens (primary N) is 2. The molecule has 0 aliphatic heterocycles. The molecular formula is C11H16N2O2. The second kappa shape index (κ2) is 5.48. The summed E-state index contributed by atoms with van der Waals surface area (Å²) in [6.45, 7) is 2.17. The summed E-state index contributed by atoms with van der Waals surface area (Å²) in [7, 11) is 0. The van der Waals surface area contributed by atoms with Crippen molar-refractivity contribution in [3.8, 4) is 0 Å². The summed E-state index contributed by atoms with van der Waals surface area (Å²) in [5.41, 5.74) is 11.6. The minimum absolute atomic E-state index is 0.372. The first-order valence-electron chi connectivity index (χ1n) is 4.81. The maximum absolute atomic E-state index is 10.8. The highest BCUT2D eigenvalue weighted by atomic mass is 16.5. The number of carbonyl (C=O) groups is 1. The summed E-state index contributed by atoms with van der Waals surface area (Å²) in [4.78, 5) is 10.8. The lowest BCUT2D eigenvalue weighted by atomic mass is 10.2. The second-order valence-electron chi connectivity index (χ2n) is 3.43. The first kappa shape index (κ1) is 11.7. The van der Waals surface area contributed by atoms with E-state index in [-0.39, 0.29) is 6.10 Å². The summed E-state index contributed by atoms with van der Waals surface area (Å²) in [6.07, 6.45) is -0.372. The summed E-state index contributed by atoms with van der Waals surface area (Å²) >= 11 is 0. The van der Waals surface area contributed by atoms with Crippen molar-refractivity contribution in [1.82, 2.24) is 0 Å². The highest BCUT2D eigenvalue weighted by molar-refractivity contribution is 5.80. The average molecular weight is 208 g/mol. The zero-order chi connectivity index (χ0) is 11.3. The number of hydrogen-bond acceptors (Lipinski definition) is 3. The molecule has 0 saturated heterocycles. The molecular weight excluding hydrogens is 192 g/mol. The fraction of sp³-hybridized carbons (Fsp3) is 0.364. The number of benzene rings is 1. The number of hydrogen-bond donors (Lipinski definition) is 2. The van der Waals surface area contributed by atoms with Crippen LogP contribution in [-0.4, -0.2) is 18.1 Å². The lowest BCUT2D eigenvalue weighted by molar-refractivity contribution is -0.122. The van der Waals surface area contributed by atoms with Crippen molar-refractivity contribution in [2.75, 3.05) is 0 Å². The van der Waals surface area contributed by atoms with Crippen LogP contribution >= 0.6 is 0 Å². The van der Waals surface area contributed by atoms with Crippen molar-refractivity contribution in [3.05, 3.63) is 35.9 Å². The number of ether oxygens (including phenoxy) is 1. The van der Waals surface area contributed by atoms with E-state index >= 15 is 0 Å². The fourth-order valence-corrected chi connectivity index (χ4v) is 1.14. The Morgan fingerprint density at radius 2 is 2.00 bits per heavy atom. The summed E-state index contributed by atoms with van der Waals surface area (Å²) in [5, 5.41) is 0. The van der Waals surface area contributed by atoms with Crippen LogP contribution in [0.5, 0.6) is 0 Å². The number of amides is 1. The van der Waals surface area contributed by atoms with Crippen LogP contribution in [0, 0.1) is 0 Å². The van der Waals surface area contributed by atoms with Gasteiger partial charge in [-0.1, -0.05) is 30.3 Å². The molecule has 0 unspecified atom stereocenters. The minimum atomic E-state index is -0.756. The molecule has 2 atom stereocenters. The molecule has 0 fully saturated rings. The van der Waals surface area contributed by atoms with E-state index < -0.39 is 11.9 Å². The molecule has 0 aromatic heterocycles. The van der Waals surface area contributed by atoms with Gasteiger partial charge in [-0.15, -0.1) is 0 Å². The second-order valence-corrected chi connectivity index (χ2v) is 3.43. The van der Waals surface area contributed by atoms with Crippen LogP contribution in [0.4, 0.5) is 0 Å². The molecule has 0 heterocycles. The SMILES string of the molecule is C[C@@H](OCc1ccccc1)[C@@H](N)C(N)=O. The average Bonchev–Trinajstić information content (AvgIpc) is 2.26. The van der Waals surface area contributed by atoms with E-state index in [0.717, 1.165) is 5.56 Å². The van der Waals surface area contributed by atoms with Crippen molar-refractivity contribution >= 4 is 5.91 Å². The Labute approximate surface area is 89.2 Å². The zero-order valence-electron chi connectivity index (χ0n) is 8.72. The van der Waals surface area contributed by atoms with E-state index in [0.29, 0.717) is 6.61 Å². The van der Waals surface area contributed by atoms with Crippen LogP contribution in [-0.2, 0) is 16.1 Å². The molecule has 4 N–H and O–H groups in total. The number of primary amides is 1. The van der Waals surface area contributed by atoms with Crippen LogP contribution in [0.2, 0.25) is 0 Å². The zero-order valence-corrected chi connectivity index (χ0v) is 8.72. The van der Waals surface area contributed by atoms with Gasteiger partial charge in [-0.2, -0.15) is 0 Å². The maximum Gasteiger partial charge on any atom is 0.237 e.